The van der Waals surface area contributed by atoms with Gasteiger partial charge in [-0.15, -0.1) is 35.3 Å². The molecule has 164 valence electrons. The van der Waals surface area contributed by atoms with E-state index >= 15 is 0 Å². The zero-order valence-corrected chi connectivity index (χ0v) is 21.8. The molecular formula is C27H33NS3. The highest BCUT2D eigenvalue weighted by Crippen LogP contribution is 2.40. The molecule has 3 aromatic rings. The topological polar surface area (TPSA) is 3.24 Å². The van der Waals surface area contributed by atoms with Gasteiger partial charge < -0.3 is 4.90 Å². The van der Waals surface area contributed by atoms with Gasteiger partial charge >= 0.3 is 0 Å². The molecule has 0 atom stereocenters. The minimum Gasteiger partial charge on any atom is -0.310 e. The number of benzene rings is 3. The van der Waals surface area contributed by atoms with Crippen molar-refractivity contribution in [3.05, 3.63) is 72.8 Å². The maximum atomic E-state index is 2.39. The molecule has 3 aromatic carbocycles. The van der Waals surface area contributed by atoms with Crippen LogP contribution in [0.3, 0.4) is 0 Å². The Labute approximate surface area is 201 Å². The summed E-state index contributed by atoms with van der Waals surface area (Å²) in [4.78, 5) is 6.30. The van der Waals surface area contributed by atoms with E-state index in [9.17, 15) is 0 Å². The van der Waals surface area contributed by atoms with Gasteiger partial charge in [-0.05, 0) is 54.6 Å². The van der Waals surface area contributed by atoms with Gasteiger partial charge in [0.2, 0.25) is 0 Å². The van der Waals surface area contributed by atoms with Crippen LogP contribution in [0.1, 0.15) is 41.5 Å². The highest BCUT2D eigenvalue weighted by molar-refractivity contribution is 8.00. The van der Waals surface area contributed by atoms with Crippen molar-refractivity contribution in [2.75, 3.05) is 4.90 Å². The third-order valence-electron chi connectivity index (χ3n) is 4.34. The Morgan fingerprint density at radius 3 is 1.03 bits per heavy atom. The van der Waals surface area contributed by atoms with Crippen LogP contribution in [0.2, 0.25) is 0 Å². The van der Waals surface area contributed by atoms with Crippen molar-refractivity contribution in [1.82, 2.24) is 0 Å². The van der Waals surface area contributed by atoms with Crippen LogP contribution in [-0.4, -0.2) is 15.7 Å². The standard InChI is InChI=1S/C27H33NS3/c1-19(2)29-25-13-7-10-22(16-25)28(23-11-8-14-26(17-23)30-20(3)4)24-12-9-15-27(18-24)31-21(5)6/h7-21H,1-6H3. The molecule has 3 rings (SSSR count). The second-order valence-corrected chi connectivity index (χ2v) is 13.3. The summed E-state index contributed by atoms with van der Waals surface area (Å²) in [6.45, 7) is 13.5. The van der Waals surface area contributed by atoms with Gasteiger partial charge in [0.15, 0.2) is 0 Å². The number of hydrogen-bond acceptors (Lipinski definition) is 4. The predicted molar refractivity (Wildman–Crippen MR) is 144 cm³/mol. The van der Waals surface area contributed by atoms with Crippen molar-refractivity contribution in [3.63, 3.8) is 0 Å². The zero-order chi connectivity index (χ0) is 22.4. The molecule has 31 heavy (non-hydrogen) atoms. The predicted octanol–water partition coefficient (Wildman–Crippen LogP) is 9.66. The summed E-state index contributed by atoms with van der Waals surface area (Å²) < 4.78 is 0. The Balaban J connectivity index is 2.09. The number of thioether (sulfide) groups is 3. The van der Waals surface area contributed by atoms with E-state index in [0.717, 1.165) is 0 Å². The van der Waals surface area contributed by atoms with E-state index in [2.05, 4.69) is 119 Å². The van der Waals surface area contributed by atoms with Crippen LogP contribution >= 0.6 is 35.3 Å². The number of rotatable bonds is 9. The molecule has 0 aliphatic rings. The number of nitrogens with zero attached hydrogens (tertiary/aromatic N) is 1. The zero-order valence-electron chi connectivity index (χ0n) is 19.3. The Morgan fingerprint density at radius 2 is 0.774 bits per heavy atom. The maximum absolute atomic E-state index is 2.39. The third kappa shape index (κ3) is 7.27. The summed E-state index contributed by atoms with van der Waals surface area (Å²) in [5.74, 6) is 0. The van der Waals surface area contributed by atoms with E-state index in [4.69, 9.17) is 0 Å². The van der Waals surface area contributed by atoms with Crippen molar-refractivity contribution in [1.29, 1.82) is 0 Å². The van der Waals surface area contributed by atoms with Gasteiger partial charge in [-0.2, -0.15) is 0 Å². The van der Waals surface area contributed by atoms with Crippen molar-refractivity contribution in [2.45, 2.75) is 72.0 Å². The Bertz CT molecular complexity index is 854. The van der Waals surface area contributed by atoms with Crippen LogP contribution in [0, 0.1) is 0 Å². The fourth-order valence-corrected chi connectivity index (χ4v) is 6.02. The van der Waals surface area contributed by atoms with E-state index in [0.29, 0.717) is 15.7 Å². The molecule has 0 fully saturated rings. The molecule has 0 bridgehead atoms. The Hall–Kier alpha value is -1.49. The summed E-state index contributed by atoms with van der Waals surface area (Å²) in [6, 6.07) is 26.7. The fraction of sp³-hybridized carbons (Fsp3) is 0.333. The SMILES string of the molecule is CC(C)Sc1cccc(N(c2cccc(SC(C)C)c2)c2cccc(SC(C)C)c2)c1. The lowest BCUT2D eigenvalue weighted by Crippen LogP contribution is -2.10. The normalized spacial score (nSPS) is 11.5. The molecule has 0 aliphatic heterocycles. The number of anilines is 3. The summed E-state index contributed by atoms with van der Waals surface area (Å²) in [6.07, 6.45) is 0. The van der Waals surface area contributed by atoms with Crippen molar-refractivity contribution < 1.29 is 0 Å². The van der Waals surface area contributed by atoms with Crippen LogP contribution in [-0.2, 0) is 0 Å². The lowest BCUT2D eigenvalue weighted by Gasteiger charge is -2.27. The largest absolute Gasteiger partial charge is 0.310 e. The van der Waals surface area contributed by atoms with Gasteiger partial charge in [-0.3, -0.25) is 0 Å². The highest BCUT2D eigenvalue weighted by Gasteiger charge is 2.15. The van der Waals surface area contributed by atoms with E-state index < -0.39 is 0 Å². The molecule has 0 spiro atoms. The van der Waals surface area contributed by atoms with Crippen molar-refractivity contribution in [3.8, 4) is 0 Å². The molecule has 0 radical (unpaired) electrons. The van der Waals surface area contributed by atoms with Gasteiger partial charge in [0, 0.05) is 47.5 Å². The highest BCUT2D eigenvalue weighted by atomic mass is 32.2. The first-order valence-corrected chi connectivity index (χ1v) is 13.6. The molecule has 0 aromatic heterocycles. The molecule has 0 amide bonds. The second kappa shape index (κ2) is 11.4. The lowest BCUT2D eigenvalue weighted by molar-refractivity contribution is 1.11. The molecule has 0 saturated carbocycles. The summed E-state index contributed by atoms with van der Waals surface area (Å²) >= 11 is 5.73. The van der Waals surface area contributed by atoms with Gasteiger partial charge in [0.25, 0.3) is 0 Å². The van der Waals surface area contributed by atoms with Crippen LogP contribution < -0.4 is 4.90 Å². The smallest absolute Gasteiger partial charge is 0.0472 e. The quantitative estimate of drug-likeness (QED) is 0.288. The third-order valence-corrected chi connectivity index (χ3v) is 7.34. The fourth-order valence-electron chi connectivity index (χ4n) is 3.35. The minimum atomic E-state index is 0.556. The molecule has 1 nitrogen and oxygen atoms in total. The van der Waals surface area contributed by atoms with Crippen LogP contribution in [0.4, 0.5) is 17.1 Å². The van der Waals surface area contributed by atoms with Crippen LogP contribution in [0.5, 0.6) is 0 Å². The summed E-state index contributed by atoms with van der Waals surface area (Å²) in [5, 5.41) is 1.67. The first-order valence-electron chi connectivity index (χ1n) is 10.9. The average Bonchev–Trinajstić information content (AvgIpc) is 2.68. The van der Waals surface area contributed by atoms with Crippen LogP contribution in [0.15, 0.2) is 87.5 Å². The van der Waals surface area contributed by atoms with E-state index in [-0.39, 0.29) is 0 Å². The molecule has 0 unspecified atom stereocenters. The second-order valence-electron chi connectivity index (χ2n) is 8.33. The van der Waals surface area contributed by atoms with Crippen molar-refractivity contribution in [2.24, 2.45) is 0 Å². The van der Waals surface area contributed by atoms with Gasteiger partial charge in [-0.1, -0.05) is 59.7 Å². The molecule has 4 heteroatoms. The molecular weight excluding hydrogens is 435 g/mol. The lowest BCUT2D eigenvalue weighted by atomic mass is 10.2. The molecule has 0 aliphatic carbocycles. The summed E-state index contributed by atoms with van der Waals surface area (Å²) in [5.41, 5.74) is 3.59. The van der Waals surface area contributed by atoms with E-state index in [1.54, 1.807) is 0 Å². The van der Waals surface area contributed by atoms with E-state index in [1.165, 1.54) is 31.7 Å². The van der Waals surface area contributed by atoms with Crippen LogP contribution in [0.25, 0.3) is 0 Å². The van der Waals surface area contributed by atoms with Gasteiger partial charge in [0.05, 0.1) is 0 Å². The monoisotopic (exact) mass is 467 g/mol. The first kappa shape index (κ1) is 24.2. The maximum Gasteiger partial charge on any atom is 0.0472 e. The number of hydrogen-bond donors (Lipinski definition) is 0. The van der Waals surface area contributed by atoms with Gasteiger partial charge in [0.1, 0.15) is 0 Å². The molecule has 0 heterocycles. The van der Waals surface area contributed by atoms with E-state index in [1.807, 2.05) is 35.3 Å². The molecule has 0 N–H and O–H groups in total. The summed E-state index contributed by atoms with van der Waals surface area (Å²) in [7, 11) is 0. The van der Waals surface area contributed by atoms with Crippen molar-refractivity contribution >= 4 is 52.3 Å². The first-order chi connectivity index (χ1) is 14.8. The average molecular weight is 468 g/mol. The Kier molecular flexibility index (Phi) is 8.88. The van der Waals surface area contributed by atoms with Gasteiger partial charge in [-0.25, -0.2) is 0 Å². The minimum absolute atomic E-state index is 0.556. The molecule has 0 saturated heterocycles. The Morgan fingerprint density at radius 1 is 0.484 bits per heavy atom.